The minimum Gasteiger partial charge on any atom is -0.481 e. The molecule has 1 aromatic carbocycles. The normalized spacial score (nSPS) is 18.3. The summed E-state index contributed by atoms with van der Waals surface area (Å²) in [5.74, 6) is -4.09. The summed E-state index contributed by atoms with van der Waals surface area (Å²) in [6, 6.07) is 5.68. The molecule has 29 heavy (non-hydrogen) atoms. The average Bonchev–Trinajstić information content (AvgIpc) is 3.03. The Kier molecular flexibility index (Phi) is 6.12. The van der Waals surface area contributed by atoms with Crippen molar-refractivity contribution in [1.29, 1.82) is 0 Å². The van der Waals surface area contributed by atoms with E-state index in [4.69, 9.17) is 4.74 Å². The van der Waals surface area contributed by atoms with E-state index >= 15 is 0 Å². The van der Waals surface area contributed by atoms with Gasteiger partial charge < -0.3 is 15.2 Å². The summed E-state index contributed by atoms with van der Waals surface area (Å²) in [6.45, 7) is 1.79. The molecule has 8 heteroatoms. The van der Waals surface area contributed by atoms with Crippen LogP contribution in [0.3, 0.4) is 0 Å². The number of hydrogen-bond acceptors (Lipinski definition) is 5. The van der Waals surface area contributed by atoms with Crippen LogP contribution in [0.4, 0.5) is 9.39 Å². The number of anilines is 1. The van der Waals surface area contributed by atoms with E-state index in [9.17, 15) is 23.9 Å². The fourth-order valence-electron chi connectivity index (χ4n) is 3.48. The van der Waals surface area contributed by atoms with E-state index in [1.165, 1.54) is 30.6 Å². The largest absolute Gasteiger partial charge is 0.481 e. The number of aliphatic carboxylic acids is 1. The molecule has 1 aromatic heterocycles. The van der Waals surface area contributed by atoms with Gasteiger partial charge in [0, 0.05) is 10.4 Å². The van der Waals surface area contributed by atoms with Crippen molar-refractivity contribution in [2.24, 2.45) is 11.8 Å². The number of aryl methyl sites for hydroxylation is 1. The average molecular weight is 417 g/mol. The number of thiophene rings is 1. The Morgan fingerprint density at radius 1 is 1.14 bits per heavy atom. The highest BCUT2D eigenvalue weighted by Crippen LogP contribution is 2.41. The number of nitrogens with one attached hydrogen (secondary N) is 1. The van der Waals surface area contributed by atoms with Crippen LogP contribution < -0.4 is 5.32 Å². The summed E-state index contributed by atoms with van der Waals surface area (Å²) in [6.07, 6.45) is 4.13. The lowest BCUT2D eigenvalue weighted by atomic mass is 9.82. The van der Waals surface area contributed by atoms with Gasteiger partial charge in [-0.1, -0.05) is 24.3 Å². The molecule has 2 N–H and O–H groups in total. The van der Waals surface area contributed by atoms with E-state index < -0.39 is 35.5 Å². The number of halogens is 1. The summed E-state index contributed by atoms with van der Waals surface area (Å²) in [7, 11) is 1.24. The molecule has 1 heterocycles. The van der Waals surface area contributed by atoms with Crippen molar-refractivity contribution in [2.45, 2.75) is 19.8 Å². The number of carbonyl (C=O) groups excluding carboxylic acids is 2. The number of carbonyl (C=O) groups is 3. The molecule has 1 amide bonds. The van der Waals surface area contributed by atoms with Gasteiger partial charge in [0.25, 0.3) is 0 Å². The van der Waals surface area contributed by atoms with Crippen molar-refractivity contribution < 1.29 is 28.6 Å². The molecule has 0 saturated heterocycles. The number of rotatable bonds is 5. The SMILES string of the molecule is COC(=O)c1c(NC(=O)[C@@H]2CC=CC[C@@H]2C(=O)O)sc(C)c1-c1ccc(F)cc1. The predicted octanol–water partition coefficient (Wildman–Crippen LogP) is 4.25. The molecule has 3 rings (SSSR count). The van der Waals surface area contributed by atoms with Crippen molar-refractivity contribution in [3.8, 4) is 11.1 Å². The third-order valence-corrected chi connectivity index (χ3v) is 5.95. The molecule has 2 aromatic rings. The van der Waals surface area contributed by atoms with Gasteiger partial charge in [-0.15, -0.1) is 11.3 Å². The molecule has 1 aliphatic rings. The highest BCUT2D eigenvalue weighted by atomic mass is 32.1. The summed E-state index contributed by atoms with van der Waals surface area (Å²) in [5.41, 5.74) is 1.34. The number of esters is 1. The Morgan fingerprint density at radius 3 is 2.34 bits per heavy atom. The minimum atomic E-state index is -1.03. The van der Waals surface area contributed by atoms with Crippen molar-refractivity contribution in [3.05, 3.63) is 52.7 Å². The zero-order valence-electron chi connectivity index (χ0n) is 15.9. The lowest BCUT2D eigenvalue weighted by molar-refractivity contribution is -0.146. The second-order valence-electron chi connectivity index (χ2n) is 6.72. The molecular formula is C21H20FNO5S. The molecule has 6 nitrogen and oxygen atoms in total. The van der Waals surface area contributed by atoms with E-state index in [-0.39, 0.29) is 17.0 Å². The molecule has 2 atom stereocenters. The molecule has 0 unspecified atom stereocenters. The monoisotopic (exact) mass is 417 g/mol. The van der Waals surface area contributed by atoms with Gasteiger partial charge in [0.1, 0.15) is 16.4 Å². The van der Waals surface area contributed by atoms with Crippen molar-refractivity contribution >= 4 is 34.2 Å². The number of carboxylic acid groups (broad SMARTS) is 1. The van der Waals surface area contributed by atoms with Crippen LogP contribution in [0.2, 0.25) is 0 Å². The summed E-state index contributed by atoms with van der Waals surface area (Å²) in [4.78, 5) is 37.6. The van der Waals surface area contributed by atoms with Gasteiger partial charge in [-0.05, 0) is 37.5 Å². The van der Waals surface area contributed by atoms with Gasteiger partial charge in [0.05, 0.1) is 18.9 Å². The van der Waals surface area contributed by atoms with Crippen LogP contribution in [0.15, 0.2) is 36.4 Å². The fourth-order valence-corrected chi connectivity index (χ4v) is 4.54. The van der Waals surface area contributed by atoms with Crippen LogP contribution in [-0.2, 0) is 14.3 Å². The highest BCUT2D eigenvalue weighted by molar-refractivity contribution is 7.17. The topological polar surface area (TPSA) is 92.7 Å². The van der Waals surface area contributed by atoms with Crippen LogP contribution in [0.5, 0.6) is 0 Å². The third kappa shape index (κ3) is 4.22. The smallest absolute Gasteiger partial charge is 0.341 e. The molecule has 0 saturated carbocycles. The number of hydrogen-bond donors (Lipinski definition) is 2. The summed E-state index contributed by atoms with van der Waals surface area (Å²) >= 11 is 1.19. The number of amides is 1. The molecule has 0 spiro atoms. The first-order chi connectivity index (χ1) is 13.8. The first-order valence-electron chi connectivity index (χ1n) is 8.99. The molecule has 0 bridgehead atoms. The van der Waals surface area contributed by atoms with E-state index in [1.807, 2.05) is 0 Å². The molecule has 0 aliphatic heterocycles. The van der Waals surface area contributed by atoms with Gasteiger partial charge in [-0.3, -0.25) is 9.59 Å². The maximum atomic E-state index is 13.3. The maximum absolute atomic E-state index is 13.3. The van der Waals surface area contributed by atoms with Gasteiger partial charge in [-0.25, -0.2) is 9.18 Å². The lowest BCUT2D eigenvalue weighted by Gasteiger charge is -2.24. The second kappa shape index (κ2) is 8.57. The van der Waals surface area contributed by atoms with Gasteiger partial charge in [-0.2, -0.15) is 0 Å². The van der Waals surface area contributed by atoms with E-state index in [0.29, 0.717) is 17.5 Å². The highest BCUT2D eigenvalue weighted by Gasteiger charge is 2.35. The van der Waals surface area contributed by atoms with Crippen LogP contribution in [0.1, 0.15) is 28.1 Å². The van der Waals surface area contributed by atoms with E-state index in [0.717, 1.165) is 4.88 Å². The predicted molar refractivity (Wildman–Crippen MR) is 107 cm³/mol. The molecular weight excluding hydrogens is 397 g/mol. The third-order valence-electron chi connectivity index (χ3n) is 4.93. The van der Waals surface area contributed by atoms with E-state index in [2.05, 4.69) is 5.32 Å². The summed E-state index contributed by atoms with van der Waals surface area (Å²) < 4.78 is 18.2. The second-order valence-corrected chi connectivity index (χ2v) is 7.94. The zero-order valence-corrected chi connectivity index (χ0v) is 16.7. The van der Waals surface area contributed by atoms with Crippen LogP contribution in [-0.4, -0.2) is 30.1 Å². The minimum absolute atomic E-state index is 0.174. The van der Waals surface area contributed by atoms with Crippen molar-refractivity contribution in [2.75, 3.05) is 12.4 Å². The number of methoxy groups -OCH3 is 1. The Morgan fingerprint density at radius 2 is 1.76 bits per heavy atom. The number of carboxylic acids is 1. The number of benzene rings is 1. The Balaban J connectivity index is 1.99. The lowest BCUT2D eigenvalue weighted by Crippen LogP contribution is -2.34. The quantitative estimate of drug-likeness (QED) is 0.560. The van der Waals surface area contributed by atoms with Crippen molar-refractivity contribution in [1.82, 2.24) is 0 Å². The summed E-state index contributed by atoms with van der Waals surface area (Å²) in [5, 5.41) is 12.4. The van der Waals surface area contributed by atoms with Gasteiger partial charge in [0.2, 0.25) is 5.91 Å². The fraction of sp³-hybridized carbons (Fsp3) is 0.286. The Bertz CT molecular complexity index is 980. The Labute approximate surface area is 171 Å². The number of ether oxygens (including phenoxy) is 1. The zero-order chi connectivity index (χ0) is 21.1. The molecule has 0 fully saturated rings. The van der Waals surface area contributed by atoms with Crippen molar-refractivity contribution in [3.63, 3.8) is 0 Å². The van der Waals surface area contributed by atoms with Gasteiger partial charge >= 0.3 is 11.9 Å². The van der Waals surface area contributed by atoms with Crippen LogP contribution in [0, 0.1) is 24.6 Å². The van der Waals surface area contributed by atoms with Crippen LogP contribution in [0.25, 0.3) is 11.1 Å². The maximum Gasteiger partial charge on any atom is 0.341 e. The first-order valence-corrected chi connectivity index (χ1v) is 9.81. The first kappa shape index (κ1) is 20.7. The van der Waals surface area contributed by atoms with E-state index in [1.54, 1.807) is 31.2 Å². The molecule has 0 radical (unpaired) electrons. The Hall–Kier alpha value is -3.00. The number of allylic oxidation sites excluding steroid dienone is 2. The molecule has 1 aliphatic carbocycles. The standard InChI is InChI=1S/C21H20FNO5S/c1-11-16(12-7-9-13(22)10-8-12)17(21(27)28-2)19(29-11)23-18(24)14-5-3-4-6-15(14)20(25)26/h3-4,7-10,14-15H,5-6H2,1-2H3,(H,23,24)(H,25,26)/t14-,15+/m1/s1. The van der Waals surface area contributed by atoms with Gasteiger partial charge in [0.15, 0.2) is 0 Å². The van der Waals surface area contributed by atoms with Crippen LogP contribution >= 0.6 is 11.3 Å². The molecule has 152 valence electrons.